The van der Waals surface area contributed by atoms with E-state index in [2.05, 4.69) is 0 Å². The lowest BCUT2D eigenvalue weighted by molar-refractivity contribution is 0.0280. The summed E-state index contributed by atoms with van der Waals surface area (Å²) in [4.78, 5) is 25.2. The molecule has 24 heavy (non-hydrogen) atoms. The zero-order chi connectivity index (χ0) is 16.8. The standard InChI is InChI=1S/C21H16O3/c22-19(16-10-4-1-5-11-16)20(17-12-6-2-7-13-17)24-21(23)18-14-8-3-9-15-18/h1-15,20H/t20-/m1/s1. The van der Waals surface area contributed by atoms with Crippen molar-refractivity contribution in [3.8, 4) is 0 Å². The van der Waals surface area contributed by atoms with Crippen molar-refractivity contribution < 1.29 is 14.3 Å². The van der Waals surface area contributed by atoms with E-state index in [0.29, 0.717) is 16.7 Å². The number of ketones is 1. The highest BCUT2D eigenvalue weighted by Crippen LogP contribution is 2.24. The zero-order valence-electron chi connectivity index (χ0n) is 13.0. The van der Waals surface area contributed by atoms with Gasteiger partial charge >= 0.3 is 5.97 Å². The third-order valence-corrected chi connectivity index (χ3v) is 3.63. The van der Waals surface area contributed by atoms with E-state index in [1.807, 2.05) is 30.3 Å². The molecule has 0 fully saturated rings. The van der Waals surface area contributed by atoms with E-state index in [0.717, 1.165) is 0 Å². The van der Waals surface area contributed by atoms with Gasteiger partial charge in [0.2, 0.25) is 5.78 Å². The lowest BCUT2D eigenvalue weighted by Crippen LogP contribution is -2.20. The SMILES string of the molecule is O=C(O[C@@H](C(=O)c1ccccc1)c1ccccc1)c1ccccc1. The van der Waals surface area contributed by atoms with Gasteiger partial charge < -0.3 is 4.74 Å². The van der Waals surface area contributed by atoms with Crippen LogP contribution >= 0.6 is 0 Å². The van der Waals surface area contributed by atoms with E-state index >= 15 is 0 Å². The third kappa shape index (κ3) is 3.58. The van der Waals surface area contributed by atoms with Crippen LogP contribution in [0.25, 0.3) is 0 Å². The fourth-order valence-corrected chi connectivity index (χ4v) is 2.40. The Hall–Kier alpha value is -3.20. The van der Waals surface area contributed by atoms with Crippen molar-refractivity contribution in [2.45, 2.75) is 6.10 Å². The molecule has 3 aromatic carbocycles. The molecule has 1 atom stereocenters. The molecule has 3 heteroatoms. The Kier molecular flexibility index (Phi) is 4.82. The monoisotopic (exact) mass is 316 g/mol. The number of benzene rings is 3. The molecule has 3 nitrogen and oxygen atoms in total. The van der Waals surface area contributed by atoms with E-state index < -0.39 is 12.1 Å². The van der Waals surface area contributed by atoms with Gasteiger partial charge in [-0.15, -0.1) is 0 Å². The summed E-state index contributed by atoms with van der Waals surface area (Å²) in [7, 11) is 0. The van der Waals surface area contributed by atoms with Crippen LogP contribution in [0, 0.1) is 0 Å². The van der Waals surface area contributed by atoms with Gasteiger partial charge in [0, 0.05) is 11.1 Å². The van der Waals surface area contributed by atoms with Crippen molar-refractivity contribution in [1.29, 1.82) is 0 Å². The van der Waals surface area contributed by atoms with Crippen molar-refractivity contribution in [3.05, 3.63) is 108 Å². The number of Topliss-reactive ketones (excluding diaryl/α,β-unsaturated/α-hetero) is 1. The molecule has 0 saturated carbocycles. The molecule has 0 N–H and O–H groups in total. The van der Waals surface area contributed by atoms with Gasteiger partial charge in [-0.3, -0.25) is 4.79 Å². The molecule has 0 spiro atoms. The van der Waals surface area contributed by atoms with Crippen molar-refractivity contribution in [2.75, 3.05) is 0 Å². The lowest BCUT2D eigenvalue weighted by Gasteiger charge is -2.17. The summed E-state index contributed by atoms with van der Waals surface area (Å²) < 4.78 is 5.55. The van der Waals surface area contributed by atoms with Crippen LogP contribution in [0.3, 0.4) is 0 Å². The Balaban J connectivity index is 1.91. The van der Waals surface area contributed by atoms with Crippen LogP contribution in [0.2, 0.25) is 0 Å². The van der Waals surface area contributed by atoms with Gasteiger partial charge in [0.25, 0.3) is 0 Å². The maximum Gasteiger partial charge on any atom is 0.339 e. The molecule has 118 valence electrons. The maximum atomic E-state index is 12.8. The van der Waals surface area contributed by atoms with E-state index in [1.165, 1.54) is 0 Å². The van der Waals surface area contributed by atoms with Gasteiger partial charge in [-0.25, -0.2) is 4.79 Å². The van der Waals surface area contributed by atoms with Gasteiger partial charge in [0.15, 0.2) is 6.10 Å². The summed E-state index contributed by atoms with van der Waals surface area (Å²) in [6.07, 6.45) is -0.971. The molecule has 0 aliphatic carbocycles. The number of carbonyl (C=O) groups excluding carboxylic acids is 2. The summed E-state index contributed by atoms with van der Waals surface area (Å²) in [5, 5.41) is 0. The van der Waals surface area contributed by atoms with Crippen LogP contribution in [-0.2, 0) is 4.74 Å². The topological polar surface area (TPSA) is 43.4 Å². The molecule has 0 saturated heterocycles. The highest BCUT2D eigenvalue weighted by molar-refractivity contribution is 6.02. The molecule has 0 amide bonds. The normalized spacial score (nSPS) is 11.5. The fourth-order valence-electron chi connectivity index (χ4n) is 2.40. The molecule has 0 bridgehead atoms. The molecule has 0 aliphatic rings. The number of hydrogen-bond donors (Lipinski definition) is 0. The van der Waals surface area contributed by atoms with Crippen molar-refractivity contribution in [2.24, 2.45) is 0 Å². The van der Waals surface area contributed by atoms with Gasteiger partial charge in [0.05, 0.1) is 5.56 Å². The molecule has 0 aromatic heterocycles. The van der Waals surface area contributed by atoms with Crippen molar-refractivity contribution in [1.82, 2.24) is 0 Å². The van der Waals surface area contributed by atoms with Gasteiger partial charge in [0.1, 0.15) is 0 Å². The molecule has 3 rings (SSSR count). The van der Waals surface area contributed by atoms with Crippen LogP contribution in [0.4, 0.5) is 0 Å². The summed E-state index contributed by atoms with van der Waals surface area (Å²) in [5.74, 6) is -0.764. The molecule has 0 radical (unpaired) electrons. The van der Waals surface area contributed by atoms with Gasteiger partial charge in [-0.2, -0.15) is 0 Å². The quantitative estimate of drug-likeness (QED) is 0.515. The van der Waals surface area contributed by atoms with E-state index in [9.17, 15) is 9.59 Å². The highest BCUT2D eigenvalue weighted by atomic mass is 16.5. The first-order valence-electron chi connectivity index (χ1n) is 7.66. The highest BCUT2D eigenvalue weighted by Gasteiger charge is 2.26. The van der Waals surface area contributed by atoms with Crippen molar-refractivity contribution in [3.63, 3.8) is 0 Å². The lowest BCUT2D eigenvalue weighted by atomic mass is 10.00. The fraction of sp³-hybridized carbons (Fsp3) is 0.0476. The Bertz CT molecular complexity index is 811. The smallest absolute Gasteiger partial charge is 0.339 e. The molecule has 0 heterocycles. The average molecular weight is 316 g/mol. The largest absolute Gasteiger partial charge is 0.445 e. The predicted molar refractivity (Wildman–Crippen MR) is 91.8 cm³/mol. The average Bonchev–Trinajstić information content (AvgIpc) is 2.67. The Morgan fingerprint density at radius 1 is 0.625 bits per heavy atom. The molecule has 0 aliphatic heterocycles. The minimum atomic E-state index is -0.971. The van der Waals surface area contributed by atoms with Crippen LogP contribution < -0.4 is 0 Å². The first kappa shape index (κ1) is 15.7. The second-order valence-electron chi connectivity index (χ2n) is 5.29. The maximum absolute atomic E-state index is 12.8. The Labute approximate surface area is 140 Å². The van der Waals surface area contributed by atoms with Gasteiger partial charge in [-0.1, -0.05) is 78.9 Å². The molecule has 0 unspecified atom stereocenters. The van der Waals surface area contributed by atoms with Crippen LogP contribution in [0.5, 0.6) is 0 Å². The van der Waals surface area contributed by atoms with E-state index in [4.69, 9.17) is 4.74 Å². The number of ether oxygens (including phenoxy) is 1. The van der Waals surface area contributed by atoms with Crippen LogP contribution in [0.15, 0.2) is 91.0 Å². The predicted octanol–water partition coefficient (Wildman–Crippen LogP) is 4.47. The van der Waals surface area contributed by atoms with Crippen molar-refractivity contribution >= 4 is 11.8 Å². The number of esters is 1. The first-order chi connectivity index (χ1) is 11.8. The van der Waals surface area contributed by atoms with Crippen LogP contribution in [-0.4, -0.2) is 11.8 Å². The second kappa shape index (κ2) is 7.38. The minimum absolute atomic E-state index is 0.244. The second-order valence-corrected chi connectivity index (χ2v) is 5.29. The van der Waals surface area contributed by atoms with E-state index in [-0.39, 0.29) is 5.78 Å². The Morgan fingerprint density at radius 2 is 1.08 bits per heavy atom. The number of carbonyl (C=O) groups is 2. The summed E-state index contributed by atoms with van der Waals surface area (Å²) in [5.41, 5.74) is 1.57. The summed E-state index contributed by atoms with van der Waals surface area (Å²) >= 11 is 0. The first-order valence-corrected chi connectivity index (χ1v) is 7.66. The number of rotatable bonds is 5. The Morgan fingerprint density at radius 3 is 1.62 bits per heavy atom. The van der Waals surface area contributed by atoms with Gasteiger partial charge in [-0.05, 0) is 12.1 Å². The van der Waals surface area contributed by atoms with E-state index in [1.54, 1.807) is 60.7 Å². The molecule has 3 aromatic rings. The summed E-state index contributed by atoms with van der Waals surface area (Å²) in [6, 6.07) is 26.6. The minimum Gasteiger partial charge on any atom is -0.445 e. The van der Waals surface area contributed by atoms with Crippen LogP contribution in [0.1, 0.15) is 32.4 Å². The zero-order valence-corrected chi connectivity index (χ0v) is 13.0. The molecular formula is C21H16O3. The number of hydrogen-bond acceptors (Lipinski definition) is 3. The third-order valence-electron chi connectivity index (χ3n) is 3.63. The summed E-state index contributed by atoms with van der Waals surface area (Å²) in [6.45, 7) is 0. The molecular weight excluding hydrogens is 300 g/mol.